The smallest absolute Gasteiger partial charge is 0.191 e. The van der Waals surface area contributed by atoms with E-state index in [-0.39, 0.29) is 5.82 Å². The van der Waals surface area contributed by atoms with Gasteiger partial charge in [-0.1, -0.05) is 25.5 Å². The summed E-state index contributed by atoms with van der Waals surface area (Å²) in [6, 6.07) is 5.20. The van der Waals surface area contributed by atoms with Crippen molar-refractivity contribution in [3.63, 3.8) is 0 Å². The number of hydrogen-bond acceptors (Lipinski definition) is 3. The topological polar surface area (TPSA) is 54.9 Å². The van der Waals surface area contributed by atoms with Crippen molar-refractivity contribution in [2.24, 2.45) is 4.99 Å². The molecule has 1 aromatic carbocycles. The quantitative estimate of drug-likeness (QED) is 0.345. The summed E-state index contributed by atoms with van der Waals surface area (Å²) in [5.74, 6) is 0.506. The maximum absolute atomic E-state index is 13.6. The summed E-state index contributed by atoms with van der Waals surface area (Å²) < 4.78 is 24.5. The van der Waals surface area contributed by atoms with E-state index < -0.39 is 0 Å². The summed E-state index contributed by atoms with van der Waals surface area (Å²) in [7, 11) is 0. The number of ether oxygens (including phenoxy) is 2. The molecule has 142 valence electrons. The highest BCUT2D eigenvalue weighted by molar-refractivity contribution is 5.79. The molecule has 2 N–H and O–H groups in total. The number of nitrogens with zero attached hydrogens (tertiary/aromatic N) is 1. The highest BCUT2D eigenvalue weighted by Gasteiger charge is 2.01. The number of aryl methyl sites for hydroxylation is 1. The fourth-order valence-electron chi connectivity index (χ4n) is 2.06. The van der Waals surface area contributed by atoms with Gasteiger partial charge in [-0.2, -0.15) is 0 Å². The zero-order chi connectivity index (χ0) is 18.3. The minimum absolute atomic E-state index is 0.194. The molecule has 0 saturated carbocycles. The van der Waals surface area contributed by atoms with Gasteiger partial charge in [-0.25, -0.2) is 9.38 Å². The van der Waals surface area contributed by atoms with Crippen LogP contribution in [0.3, 0.4) is 0 Å². The van der Waals surface area contributed by atoms with Crippen molar-refractivity contribution in [2.45, 2.75) is 40.2 Å². The van der Waals surface area contributed by atoms with Gasteiger partial charge in [-0.15, -0.1) is 0 Å². The van der Waals surface area contributed by atoms with Crippen LogP contribution in [0, 0.1) is 12.7 Å². The second-order valence-corrected chi connectivity index (χ2v) is 5.78. The molecule has 0 atom stereocenters. The van der Waals surface area contributed by atoms with Gasteiger partial charge in [-0.3, -0.25) is 0 Å². The molecular formula is C19H32FN3O2. The summed E-state index contributed by atoms with van der Waals surface area (Å²) in [5.41, 5.74) is 1.49. The third kappa shape index (κ3) is 10.0. The van der Waals surface area contributed by atoms with Crippen molar-refractivity contribution in [2.75, 3.05) is 39.5 Å². The van der Waals surface area contributed by atoms with Crippen LogP contribution >= 0.6 is 0 Å². The number of nitrogens with one attached hydrogen (secondary N) is 2. The minimum Gasteiger partial charge on any atom is -0.379 e. The summed E-state index contributed by atoms with van der Waals surface area (Å²) >= 11 is 0. The number of hydrogen-bond donors (Lipinski definition) is 2. The Hall–Kier alpha value is -1.66. The predicted octanol–water partition coefficient (Wildman–Crippen LogP) is 3.02. The van der Waals surface area contributed by atoms with Gasteiger partial charge in [0, 0.05) is 19.7 Å². The molecule has 0 radical (unpaired) electrons. The molecule has 0 aliphatic rings. The molecule has 0 amide bonds. The standard InChI is InChI=1S/C19H32FN3O2/c1-4-6-10-24-12-13-25-11-9-22-19(21-5-2)23-15-17-8-7-16(3)18(20)14-17/h7-8,14H,4-6,9-13,15H2,1-3H3,(H2,21,22,23). The summed E-state index contributed by atoms with van der Waals surface area (Å²) in [6.07, 6.45) is 2.24. The molecule has 6 heteroatoms. The lowest BCUT2D eigenvalue weighted by Gasteiger charge is -2.12. The van der Waals surface area contributed by atoms with Gasteiger partial charge in [-0.05, 0) is 37.5 Å². The van der Waals surface area contributed by atoms with Crippen LogP contribution in [-0.2, 0) is 16.0 Å². The van der Waals surface area contributed by atoms with E-state index in [1.165, 1.54) is 6.07 Å². The Morgan fingerprint density at radius 1 is 1.08 bits per heavy atom. The molecule has 0 bridgehead atoms. The van der Waals surface area contributed by atoms with Crippen LogP contribution in [0.4, 0.5) is 4.39 Å². The van der Waals surface area contributed by atoms with E-state index in [4.69, 9.17) is 9.47 Å². The van der Waals surface area contributed by atoms with E-state index in [2.05, 4.69) is 22.5 Å². The Balaban J connectivity index is 2.25. The van der Waals surface area contributed by atoms with Crippen molar-refractivity contribution in [1.82, 2.24) is 10.6 Å². The van der Waals surface area contributed by atoms with Crippen LogP contribution in [0.15, 0.2) is 23.2 Å². The lowest BCUT2D eigenvalue weighted by Crippen LogP contribution is -2.39. The SMILES string of the molecule is CCCCOCCOCCNC(=NCc1ccc(C)c(F)c1)NCC. The van der Waals surface area contributed by atoms with Gasteiger partial charge in [0.25, 0.3) is 0 Å². The van der Waals surface area contributed by atoms with E-state index in [0.717, 1.165) is 31.6 Å². The fourth-order valence-corrected chi connectivity index (χ4v) is 2.06. The first-order chi connectivity index (χ1) is 12.2. The Morgan fingerprint density at radius 3 is 2.52 bits per heavy atom. The largest absolute Gasteiger partial charge is 0.379 e. The van der Waals surface area contributed by atoms with Crippen molar-refractivity contribution < 1.29 is 13.9 Å². The van der Waals surface area contributed by atoms with Gasteiger partial charge in [0.1, 0.15) is 5.82 Å². The first kappa shape index (κ1) is 21.4. The highest BCUT2D eigenvalue weighted by atomic mass is 19.1. The van der Waals surface area contributed by atoms with Gasteiger partial charge in [0.05, 0.1) is 26.4 Å². The molecule has 0 aliphatic heterocycles. The van der Waals surface area contributed by atoms with Gasteiger partial charge in [0.15, 0.2) is 5.96 Å². The Morgan fingerprint density at radius 2 is 1.84 bits per heavy atom. The molecule has 25 heavy (non-hydrogen) atoms. The summed E-state index contributed by atoms with van der Waals surface area (Å²) in [4.78, 5) is 4.47. The van der Waals surface area contributed by atoms with Crippen LogP contribution in [0.2, 0.25) is 0 Å². The highest BCUT2D eigenvalue weighted by Crippen LogP contribution is 2.09. The molecule has 0 aromatic heterocycles. The van der Waals surface area contributed by atoms with Crippen molar-refractivity contribution in [3.05, 3.63) is 35.1 Å². The van der Waals surface area contributed by atoms with Crippen molar-refractivity contribution in [3.8, 4) is 0 Å². The first-order valence-corrected chi connectivity index (χ1v) is 9.10. The third-order valence-electron chi connectivity index (χ3n) is 3.55. The average molecular weight is 353 g/mol. The van der Waals surface area contributed by atoms with E-state index in [1.807, 2.05) is 13.0 Å². The molecule has 0 heterocycles. The lowest BCUT2D eigenvalue weighted by atomic mass is 10.1. The molecule has 1 rings (SSSR count). The normalized spacial score (nSPS) is 11.6. The zero-order valence-electron chi connectivity index (χ0n) is 15.7. The Bertz CT molecular complexity index is 509. The van der Waals surface area contributed by atoms with Crippen LogP contribution in [0.5, 0.6) is 0 Å². The molecule has 1 aromatic rings. The summed E-state index contributed by atoms with van der Waals surface area (Å²) in [6.45, 7) is 10.4. The van der Waals surface area contributed by atoms with E-state index in [1.54, 1.807) is 13.0 Å². The third-order valence-corrected chi connectivity index (χ3v) is 3.55. The molecule has 0 spiro atoms. The maximum Gasteiger partial charge on any atom is 0.191 e. The first-order valence-electron chi connectivity index (χ1n) is 9.10. The van der Waals surface area contributed by atoms with E-state index >= 15 is 0 Å². The van der Waals surface area contributed by atoms with Crippen LogP contribution in [0.1, 0.15) is 37.8 Å². The number of benzene rings is 1. The van der Waals surface area contributed by atoms with Gasteiger partial charge in [0.2, 0.25) is 0 Å². The Kier molecular flexibility index (Phi) is 11.6. The number of rotatable bonds is 12. The lowest BCUT2D eigenvalue weighted by molar-refractivity contribution is 0.0487. The zero-order valence-corrected chi connectivity index (χ0v) is 15.7. The summed E-state index contributed by atoms with van der Waals surface area (Å²) in [5, 5.41) is 6.38. The molecule has 0 fully saturated rings. The molecule has 0 saturated heterocycles. The second kappa shape index (κ2) is 13.6. The maximum atomic E-state index is 13.6. The van der Waals surface area contributed by atoms with Gasteiger partial charge >= 0.3 is 0 Å². The number of unbranched alkanes of at least 4 members (excludes halogenated alkanes) is 1. The van der Waals surface area contributed by atoms with Crippen molar-refractivity contribution in [1.29, 1.82) is 0 Å². The molecule has 5 nitrogen and oxygen atoms in total. The van der Waals surface area contributed by atoms with Crippen molar-refractivity contribution >= 4 is 5.96 Å². The predicted molar refractivity (Wildman–Crippen MR) is 101 cm³/mol. The Labute approximate surface area is 151 Å². The van der Waals surface area contributed by atoms with E-state index in [0.29, 0.717) is 44.4 Å². The number of guanidine groups is 1. The van der Waals surface area contributed by atoms with Crippen LogP contribution in [0.25, 0.3) is 0 Å². The monoisotopic (exact) mass is 353 g/mol. The van der Waals surface area contributed by atoms with Crippen LogP contribution in [-0.4, -0.2) is 45.5 Å². The van der Waals surface area contributed by atoms with E-state index in [9.17, 15) is 4.39 Å². The molecule has 0 unspecified atom stereocenters. The number of halogens is 1. The minimum atomic E-state index is -0.194. The number of aliphatic imine (C=N–C) groups is 1. The molecular weight excluding hydrogens is 321 g/mol. The van der Waals surface area contributed by atoms with Crippen LogP contribution < -0.4 is 10.6 Å². The van der Waals surface area contributed by atoms with Gasteiger partial charge < -0.3 is 20.1 Å². The fraction of sp³-hybridized carbons (Fsp3) is 0.632. The second-order valence-electron chi connectivity index (χ2n) is 5.78. The average Bonchev–Trinajstić information content (AvgIpc) is 2.61. The molecule has 0 aliphatic carbocycles.